The number of carbonyl (C=O) groups is 1. The second kappa shape index (κ2) is 9.85. The zero-order chi connectivity index (χ0) is 19.9. The Hall–Kier alpha value is -2.17. The van der Waals surface area contributed by atoms with Gasteiger partial charge in [0, 0.05) is 38.3 Å². The van der Waals surface area contributed by atoms with Gasteiger partial charge in [-0.25, -0.2) is 0 Å². The number of rotatable bonds is 8. The third kappa shape index (κ3) is 5.21. The van der Waals surface area contributed by atoms with Crippen molar-refractivity contribution in [2.24, 2.45) is 0 Å². The van der Waals surface area contributed by atoms with Gasteiger partial charge in [-0.05, 0) is 55.1 Å². The molecule has 1 saturated carbocycles. The zero-order valence-electron chi connectivity index (χ0n) is 17.1. The first kappa shape index (κ1) is 20.6. The van der Waals surface area contributed by atoms with E-state index in [2.05, 4.69) is 24.1 Å². The number of hydrogen-bond acceptors (Lipinski definition) is 3. The molecule has 2 aromatic carbocycles. The van der Waals surface area contributed by atoms with Crippen LogP contribution < -0.4 is 0 Å². The van der Waals surface area contributed by atoms with Crippen molar-refractivity contribution in [3.63, 3.8) is 0 Å². The van der Waals surface area contributed by atoms with E-state index in [0.29, 0.717) is 12.5 Å². The van der Waals surface area contributed by atoms with Crippen LogP contribution >= 0.6 is 0 Å². The largest absolute Gasteiger partial charge is 0.396 e. The van der Waals surface area contributed by atoms with Gasteiger partial charge in [0.1, 0.15) is 0 Å². The summed E-state index contributed by atoms with van der Waals surface area (Å²) in [5.41, 5.74) is 3.96. The molecule has 0 atom stereocenters. The minimum Gasteiger partial charge on any atom is -0.396 e. The van der Waals surface area contributed by atoms with Crippen LogP contribution in [0.3, 0.4) is 0 Å². The van der Waals surface area contributed by atoms with Crippen LogP contribution in [0.5, 0.6) is 0 Å². The van der Waals surface area contributed by atoms with E-state index >= 15 is 0 Å². The van der Waals surface area contributed by atoms with Gasteiger partial charge in [-0.2, -0.15) is 0 Å². The van der Waals surface area contributed by atoms with Crippen LogP contribution in [0.2, 0.25) is 0 Å². The fourth-order valence-electron chi connectivity index (χ4n) is 3.98. The van der Waals surface area contributed by atoms with Gasteiger partial charge in [-0.15, -0.1) is 0 Å². The number of hydrogen-bond donors (Lipinski definition) is 1. The van der Waals surface area contributed by atoms with Crippen LogP contribution in [0.1, 0.15) is 41.6 Å². The normalized spacial score (nSPS) is 14.6. The molecule has 0 heterocycles. The van der Waals surface area contributed by atoms with E-state index in [1.165, 1.54) is 25.7 Å². The maximum atomic E-state index is 12.9. The highest BCUT2D eigenvalue weighted by molar-refractivity contribution is 5.95. The van der Waals surface area contributed by atoms with Crippen LogP contribution in [0.4, 0.5) is 0 Å². The van der Waals surface area contributed by atoms with Crippen LogP contribution in [-0.2, 0) is 6.42 Å². The van der Waals surface area contributed by atoms with Crippen molar-refractivity contribution in [1.29, 1.82) is 0 Å². The van der Waals surface area contributed by atoms with E-state index in [0.717, 1.165) is 35.3 Å². The lowest BCUT2D eigenvalue weighted by Gasteiger charge is -2.27. The molecule has 0 aliphatic heterocycles. The Kier molecular flexibility index (Phi) is 7.24. The van der Waals surface area contributed by atoms with E-state index in [4.69, 9.17) is 5.11 Å². The molecular formula is C24H32N2O2. The smallest absolute Gasteiger partial charge is 0.253 e. The Balaban J connectivity index is 1.62. The lowest BCUT2D eigenvalue weighted by atomic mass is 10.0. The molecule has 0 spiro atoms. The van der Waals surface area contributed by atoms with E-state index in [1.807, 2.05) is 48.3 Å². The van der Waals surface area contributed by atoms with Gasteiger partial charge in [-0.3, -0.25) is 4.79 Å². The Morgan fingerprint density at radius 3 is 2.39 bits per heavy atom. The first-order valence-electron chi connectivity index (χ1n) is 10.3. The minimum absolute atomic E-state index is 0.0681. The first-order chi connectivity index (χ1) is 13.6. The van der Waals surface area contributed by atoms with Gasteiger partial charge in [0.25, 0.3) is 5.91 Å². The summed E-state index contributed by atoms with van der Waals surface area (Å²) in [5, 5.41) is 9.05. The average molecular weight is 381 g/mol. The Bertz CT molecular complexity index is 766. The van der Waals surface area contributed by atoms with Gasteiger partial charge >= 0.3 is 0 Å². The van der Waals surface area contributed by atoms with Crippen molar-refractivity contribution < 1.29 is 9.90 Å². The molecule has 0 unspecified atom stereocenters. The SMILES string of the molecule is CN(CCN(C)C1CCCC1)C(=O)c1cccc(-c2ccc(CCO)cc2)c1. The van der Waals surface area contributed by atoms with Crippen molar-refractivity contribution in [2.75, 3.05) is 33.8 Å². The van der Waals surface area contributed by atoms with Gasteiger partial charge in [0.15, 0.2) is 0 Å². The highest BCUT2D eigenvalue weighted by Crippen LogP contribution is 2.23. The van der Waals surface area contributed by atoms with Gasteiger partial charge in [0.2, 0.25) is 0 Å². The van der Waals surface area contributed by atoms with Crippen LogP contribution in [0.25, 0.3) is 11.1 Å². The Labute approximate surface area is 168 Å². The highest BCUT2D eigenvalue weighted by atomic mass is 16.3. The summed E-state index contributed by atoms with van der Waals surface area (Å²) in [6.07, 6.45) is 5.90. The second-order valence-electron chi connectivity index (χ2n) is 7.90. The maximum absolute atomic E-state index is 12.9. The summed E-state index contributed by atoms with van der Waals surface area (Å²) in [4.78, 5) is 17.1. The molecule has 4 nitrogen and oxygen atoms in total. The van der Waals surface area contributed by atoms with E-state index in [1.54, 1.807) is 0 Å². The minimum atomic E-state index is 0.0681. The van der Waals surface area contributed by atoms with Gasteiger partial charge in [0.05, 0.1) is 0 Å². The highest BCUT2D eigenvalue weighted by Gasteiger charge is 2.20. The Morgan fingerprint density at radius 1 is 1.00 bits per heavy atom. The molecule has 1 aliphatic carbocycles. The standard InChI is InChI=1S/C24H32N2O2/c1-25(23-8-3-4-9-23)15-16-26(2)24(28)22-7-5-6-21(18-22)20-12-10-19(11-13-20)14-17-27/h5-7,10-13,18,23,27H,3-4,8-9,14-17H2,1-2H3. The second-order valence-corrected chi connectivity index (χ2v) is 7.90. The lowest BCUT2D eigenvalue weighted by Crippen LogP contribution is -2.38. The molecule has 1 N–H and O–H groups in total. The van der Waals surface area contributed by atoms with Crippen molar-refractivity contribution in [3.05, 3.63) is 59.7 Å². The first-order valence-corrected chi connectivity index (χ1v) is 10.3. The third-order valence-electron chi connectivity index (χ3n) is 5.88. The summed E-state index contributed by atoms with van der Waals surface area (Å²) >= 11 is 0. The predicted molar refractivity (Wildman–Crippen MR) is 115 cm³/mol. The molecule has 2 aromatic rings. The van der Waals surface area contributed by atoms with Gasteiger partial charge < -0.3 is 14.9 Å². The fourth-order valence-corrected chi connectivity index (χ4v) is 3.98. The molecule has 1 amide bonds. The molecule has 0 saturated heterocycles. The summed E-state index contributed by atoms with van der Waals surface area (Å²) in [6.45, 7) is 1.82. The zero-order valence-corrected chi connectivity index (χ0v) is 17.1. The number of benzene rings is 2. The van der Waals surface area contributed by atoms with Crippen LogP contribution in [0, 0.1) is 0 Å². The maximum Gasteiger partial charge on any atom is 0.253 e. The fraction of sp³-hybridized carbons (Fsp3) is 0.458. The number of likely N-dealkylation sites (N-methyl/N-ethyl adjacent to an activating group) is 2. The molecule has 4 heteroatoms. The van der Waals surface area contributed by atoms with E-state index < -0.39 is 0 Å². The molecular weight excluding hydrogens is 348 g/mol. The monoisotopic (exact) mass is 380 g/mol. The number of nitrogens with zero attached hydrogens (tertiary/aromatic N) is 2. The molecule has 0 radical (unpaired) electrons. The van der Waals surface area contributed by atoms with Crippen molar-refractivity contribution >= 4 is 5.91 Å². The van der Waals surface area contributed by atoms with Crippen LogP contribution in [0.15, 0.2) is 48.5 Å². The quantitative estimate of drug-likeness (QED) is 0.757. The average Bonchev–Trinajstić information content (AvgIpc) is 3.27. The third-order valence-corrected chi connectivity index (χ3v) is 5.88. The molecule has 28 heavy (non-hydrogen) atoms. The topological polar surface area (TPSA) is 43.8 Å². The van der Waals surface area contributed by atoms with Gasteiger partial charge in [-0.1, -0.05) is 49.2 Å². The number of aliphatic hydroxyl groups excluding tert-OH is 1. The molecule has 1 fully saturated rings. The van der Waals surface area contributed by atoms with E-state index in [-0.39, 0.29) is 12.5 Å². The summed E-state index contributed by atoms with van der Waals surface area (Å²) in [7, 11) is 4.07. The molecule has 1 aliphatic rings. The van der Waals surface area contributed by atoms with Crippen molar-refractivity contribution in [2.45, 2.75) is 38.1 Å². The molecule has 3 rings (SSSR count). The summed E-state index contributed by atoms with van der Waals surface area (Å²) in [5.74, 6) is 0.0681. The molecule has 150 valence electrons. The lowest BCUT2D eigenvalue weighted by molar-refractivity contribution is 0.0774. The number of amides is 1. The molecule has 0 aromatic heterocycles. The summed E-state index contributed by atoms with van der Waals surface area (Å²) in [6, 6.07) is 16.7. The molecule has 0 bridgehead atoms. The number of carbonyl (C=O) groups excluding carboxylic acids is 1. The van der Waals surface area contributed by atoms with E-state index in [9.17, 15) is 4.79 Å². The van der Waals surface area contributed by atoms with Crippen molar-refractivity contribution in [3.8, 4) is 11.1 Å². The van der Waals surface area contributed by atoms with Crippen molar-refractivity contribution in [1.82, 2.24) is 9.80 Å². The Morgan fingerprint density at radius 2 is 1.71 bits per heavy atom. The number of aliphatic hydroxyl groups is 1. The van der Waals surface area contributed by atoms with Crippen LogP contribution in [-0.4, -0.2) is 60.6 Å². The predicted octanol–water partition coefficient (Wildman–Crippen LogP) is 3.83. The summed E-state index contributed by atoms with van der Waals surface area (Å²) < 4.78 is 0.